The van der Waals surface area contributed by atoms with Gasteiger partial charge in [-0.05, 0) is 51.7 Å². The van der Waals surface area contributed by atoms with Crippen LogP contribution in [0.5, 0.6) is 0 Å². The molecule has 0 unspecified atom stereocenters. The SMILES string of the molecule is CC(C)(C)n1c(N)nc2cccnc21.CC(C)C.CC(C)C.Cc1nc2oc(=O)n(C)c2c(=O)[nH]1.Cn1nnc2nc(N)[nH]c(=O)c21. The maximum atomic E-state index is 11.3. The summed E-state index contributed by atoms with van der Waals surface area (Å²) < 4.78 is 9.16. The average molecular weight is 654 g/mol. The normalized spacial score (nSPS) is 10.9. The zero-order valence-electron chi connectivity index (χ0n) is 29.2. The molecular weight excluding hydrogens is 606 g/mol. The number of hydrogen-bond donors (Lipinski definition) is 4. The molecule has 0 spiro atoms. The summed E-state index contributed by atoms with van der Waals surface area (Å²) in [5.41, 5.74) is 12.9. The first-order valence-electron chi connectivity index (χ1n) is 15.0. The molecule has 47 heavy (non-hydrogen) atoms. The first-order valence-corrected chi connectivity index (χ1v) is 15.0. The number of nitrogens with one attached hydrogen (secondary N) is 2. The van der Waals surface area contributed by atoms with Crippen molar-refractivity contribution in [2.75, 3.05) is 11.5 Å². The summed E-state index contributed by atoms with van der Waals surface area (Å²) in [6.45, 7) is 20.9. The minimum atomic E-state index is -0.585. The van der Waals surface area contributed by atoms with Gasteiger partial charge in [-0.1, -0.05) is 46.8 Å². The molecule has 0 amide bonds. The number of hydrogen-bond acceptors (Lipinski definition) is 12. The molecule has 0 saturated heterocycles. The third kappa shape index (κ3) is 10.3. The number of oxazole rings is 1. The van der Waals surface area contributed by atoms with Crippen molar-refractivity contribution < 1.29 is 4.42 Å². The number of nitrogen functional groups attached to an aromatic ring is 2. The van der Waals surface area contributed by atoms with Crippen molar-refractivity contribution in [3.63, 3.8) is 0 Å². The highest BCUT2D eigenvalue weighted by Crippen LogP contribution is 2.24. The Hall–Kier alpha value is -5.35. The molecular formula is C30H47N13O4. The Morgan fingerprint density at radius 2 is 1.45 bits per heavy atom. The van der Waals surface area contributed by atoms with Gasteiger partial charge >= 0.3 is 5.76 Å². The largest absolute Gasteiger partial charge is 0.421 e. The predicted molar refractivity (Wildman–Crippen MR) is 184 cm³/mol. The molecule has 256 valence electrons. The Bertz CT molecular complexity index is 2080. The minimum Gasteiger partial charge on any atom is -0.388 e. The number of rotatable bonds is 0. The lowest BCUT2D eigenvalue weighted by molar-refractivity contribution is 0.412. The van der Waals surface area contributed by atoms with Crippen molar-refractivity contribution in [3.8, 4) is 0 Å². The van der Waals surface area contributed by atoms with Crippen LogP contribution in [0.15, 0.2) is 37.1 Å². The first-order chi connectivity index (χ1) is 21.7. The first kappa shape index (κ1) is 37.8. The second kappa shape index (κ2) is 15.8. The second-order valence-electron chi connectivity index (χ2n) is 12.9. The third-order valence-electron chi connectivity index (χ3n) is 5.38. The van der Waals surface area contributed by atoms with Crippen LogP contribution < -0.4 is 28.3 Å². The molecule has 0 aliphatic rings. The van der Waals surface area contributed by atoms with Gasteiger partial charge in [-0.15, -0.1) is 5.10 Å². The van der Waals surface area contributed by atoms with E-state index in [2.05, 4.69) is 103 Å². The van der Waals surface area contributed by atoms with Crippen LogP contribution in [0.25, 0.3) is 33.6 Å². The summed E-state index contributed by atoms with van der Waals surface area (Å²) in [5, 5.41) is 7.27. The molecule has 0 atom stereocenters. The van der Waals surface area contributed by atoms with Gasteiger partial charge in [-0.25, -0.2) is 19.4 Å². The Kier molecular flexibility index (Phi) is 12.7. The molecule has 17 heteroatoms. The van der Waals surface area contributed by atoms with E-state index < -0.39 is 5.76 Å². The predicted octanol–water partition coefficient (Wildman–Crippen LogP) is 3.25. The van der Waals surface area contributed by atoms with Crippen molar-refractivity contribution in [1.82, 2.24) is 54.0 Å². The van der Waals surface area contributed by atoms with Crippen LogP contribution in [-0.4, -0.2) is 54.0 Å². The number of aromatic amines is 2. The molecule has 0 fully saturated rings. The number of anilines is 2. The molecule has 6 aromatic heterocycles. The van der Waals surface area contributed by atoms with Gasteiger partial charge in [-0.2, -0.15) is 9.97 Å². The lowest BCUT2D eigenvalue weighted by atomic mass is 10.1. The van der Waals surface area contributed by atoms with E-state index in [0.717, 1.165) is 27.6 Å². The second-order valence-corrected chi connectivity index (χ2v) is 12.9. The van der Waals surface area contributed by atoms with Crippen molar-refractivity contribution >= 4 is 45.5 Å². The molecule has 0 radical (unpaired) electrons. The zero-order valence-corrected chi connectivity index (χ0v) is 29.2. The van der Waals surface area contributed by atoms with E-state index in [-0.39, 0.29) is 39.5 Å². The summed E-state index contributed by atoms with van der Waals surface area (Å²) in [6, 6.07) is 3.78. The standard InChI is InChI=1S/C10H14N4.C7H7N3O3.C5H6N6O.2C4H10/c1-10(2,3)14-8-7(13-9(14)11)5-4-6-12-8;1-3-8-5(11)4-6(9-3)13-7(12)10(4)2;1-11-2-3(9-10-11)7-5(6)8-4(2)12;2*1-4(2)3/h4-6H,1-3H3,(H2,11,13);1-2H3,(H,8,9,11);1H3,(H3,6,7,8,12);2*4H,1-3H3. The van der Waals surface area contributed by atoms with Gasteiger partial charge in [0.1, 0.15) is 11.3 Å². The summed E-state index contributed by atoms with van der Waals surface area (Å²) in [4.78, 5) is 54.6. The lowest BCUT2D eigenvalue weighted by Crippen LogP contribution is -2.23. The number of nitrogens with zero attached hydrogens (tertiary/aromatic N) is 9. The summed E-state index contributed by atoms with van der Waals surface area (Å²) in [7, 11) is 3.07. The zero-order chi connectivity index (χ0) is 35.8. The summed E-state index contributed by atoms with van der Waals surface area (Å²) in [6.07, 6.45) is 1.76. The Labute approximate surface area is 271 Å². The highest BCUT2D eigenvalue weighted by Gasteiger charge is 2.20. The lowest BCUT2D eigenvalue weighted by Gasteiger charge is -2.22. The highest BCUT2D eigenvalue weighted by atomic mass is 16.4. The quantitative estimate of drug-likeness (QED) is 0.185. The smallest absolute Gasteiger partial charge is 0.388 e. The van der Waals surface area contributed by atoms with Crippen LogP contribution in [0.1, 0.15) is 68.1 Å². The fourth-order valence-electron chi connectivity index (χ4n) is 3.74. The van der Waals surface area contributed by atoms with E-state index in [1.54, 1.807) is 20.2 Å². The maximum Gasteiger partial charge on any atom is 0.421 e. The molecule has 6 heterocycles. The van der Waals surface area contributed by atoms with E-state index in [4.69, 9.17) is 15.9 Å². The number of pyridine rings is 1. The molecule has 6 N–H and O–H groups in total. The molecule has 6 rings (SSSR count). The molecule has 0 aliphatic carbocycles. The van der Waals surface area contributed by atoms with E-state index in [0.29, 0.717) is 17.3 Å². The summed E-state index contributed by atoms with van der Waals surface area (Å²) in [5.74, 6) is 2.07. The molecule has 0 aliphatic heterocycles. The number of nitrogens with two attached hydrogens (primary N) is 2. The Morgan fingerprint density at radius 3 is 2.02 bits per heavy atom. The molecule has 0 saturated carbocycles. The van der Waals surface area contributed by atoms with Gasteiger partial charge in [0.2, 0.25) is 17.5 Å². The Morgan fingerprint density at radius 1 is 0.872 bits per heavy atom. The number of imidazole rings is 1. The minimum absolute atomic E-state index is 0.0491. The van der Waals surface area contributed by atoms with Crippen LogP contribution in [0, 0.1) is 18.8 Å². The van der Waals surface area contributed by atoms with Crippen LogP contribution in [0.4, 0.5) is 11.9 Å². The van der Waals surface area contributed by atoms with Crippen molar-refractivity contribution in [2.24, 2.45) is 25.9 Å². The van der Waals surface area contributed by atoms with Crippen molar-refractivity contribution in [3.05, 3.63) is 55.4 Å². The monoisotopic (exact) mass is 653 g/mol. The highest BCUT2D eigenvalue weighted by molar-refractivity contribution is 5.74. The van der Waals surface area contributed by atoms with Crippen molar-refractivity contribution in [2.45, 2.75) is 74.8 Å². The third-order valence-corrected chi connectivity index (χ3v) is 5.38. The van der Waals surface area contributed by atoms with E-state index in [1.807, 2.05) is 16.7 Å². The van der Waals surface area contributed by atoms with Gasteiger partial charge < -0.3 is 20.9 Å². The van der Waals surface area contributed by atoms with Gasteiger partial charge in [0, 0.05) is 25.8 Å². The van der Waals surface area contributed by atoms with E-state index in [1.165, 1.54) is 11.7 Å². The van der Waals surface area contributed by atoms with Crippen LogP contribution in [0.2, 0.25) is 0 Å². The number of H-pyrrole nitrogens is 2. The van der Waals surface area contributed by atoms with Gasteiger partial charge in [-0.3, -0.25) is 23.7 Å². The molecule has 0 aromatic carbocycles. The topological polar surface area (TPSA) is 240 Å². The average Bonchev–Trinajstić information content (AvgIpc) is 3.55. The maximum absolute atomic E-state index is 11.3. The number of fused-ring (bicyclic) bond motifs is 3. The van der Waals surface area contributed by atoms with Crippen LogP contribution >= 0.6 is 0 Å². The fourth-order valence-corrected chi connectivity index (χ4v) is 3.74. The number of aromatic nitrogens is 11. The van der Waals surface area contributed by atoms with Gasteiger partial charge in [0.05, 0.1) is 0 Å². The van der Waals surface area contributed by atoms with E-state index in [9.17, 15) is 14.4 Å². The molecule has 17 nitrogen and oxygen atoms in total. The van der Waals surface area contributed by atoms with Crippen LogP contribution in [0.3, 0.4) is 0 Å². The van der Waals surface area contributed by atoms with Gasteiger partial charge in [0.15, 0.2) is 16.7 Å². The Balaban J connectivity index is 0.000000220. The van der Waals surface area contributed by atoms with E-state index >= 15 is 0 Å². The molecule has 6 aromatic rings. The number of aryl methyl sites for hydroxylation is 3. The van der Waals surface area contributed by atoms with Gasteiger partial charge in [0.25, 0.3) is 16.8 Å². The molecule has 0 bridgehead atoms. The summed E-state index contributed by atoms with van der Waals surface area (Å²) >= 11 is 0. The fraction of sp³-hybridized carbons (Fsp3) is 0.500. The van der Waals surface area contributed by atoms with Crippen molar-refractivity contribution in [1.29, 1.82) is 0 Å². The van der Waals surface area contributed by atoms with Crippen LogP contribution in [-0.2, 0) is 19.6 Å².